The molecule has 0 aliphatic rings. The Bertz CT molecular complexity index is 576. The molecule has 0 saturated carbocycles. The fourth-order valence-electron chi connectivity index (χ4n) is 1.40. The van der Waals surface area contributed by atoms with Gasteiger partial charge in [-0.25, -0.2) is 5.43 Å². The molecule has 0 amide bonds. The van der Waals surface area contributed by atoms with Gasteiger partial charge in [0.15, 0.2) is 0 Å². The van der Waals surface area contributed by atoms with Crippen molar-refractivity contribution >= 4 is 21.8 Å². The maximum Gasteiger partial charge on any atom is 1.00 e. The van der Waals surface area contributed by atoms with Crippen molar-refractivity contribution in [2.45, 2.75) is 31.2 Å². The van der Waals surface area contributed by atoms with Crippen molar-refractivity contribution in [2.24, 2.45) is 0 Å². The molecule has 1 unspecified atom stereocenters. The number of aryl methyl sites for hydroxylation is 1. The SMILES string of the molecule is Cc1ccc(S(=O)(=O)O)cc1NNC(C)CC(=O)[O-].[Na+]. The molecule has 0 bridgehead atoms. The molecule has 3 N–H and O–H groups in total. The Balaban J connectivity index is 0.00000361. The Labute approximate surface area is 139 Å². The van der Waals surface area contributed by atoms with Crippen molar-refractivity contribution in [2.75, 3.05) is 5.43 Å². The fourth-order valence-corrected chi connectivity index (χ4v) is 1.91. The van der Waals surface area contributed by atoms with Gasteiger partial charge in [-0.15, -0.1) is 0 Å². The summed E-state index contributed by atoms with van der Waals surface area (Å²) < 4.78 is 30.9. The Morgan fingerprint density at radius 1 is 1.45 bits per heavy atom. The first-order chi connectivity index (χ1) is 8.70. The summed E-state index contributed by atoms with van der Waals surface area (Å²) >= 11 is 0. The molecule has 20 heavy (non-hydrogen) atoms. The van der Waals surface area contributed by atoms with Crippen LogP contribution in [0.4, 0.5) is 5.69 Å². The van der Waals surface area contributed by atoms with Crippen LogP contribution in [0.2, 0.25) is 0 Å². The van der Waals surface area contributed by atoms with Gasteiger partial charge >= 0.3 is 29.6 Å². The number of hydrazine groups is 1. The third-order valence-electron chi connectivity index (χ3n) is 2.43. The van der Waals surface area contributed by atoms with E-state index in [2.05, 4.69) is 10.9 Å². The monoisotopic (exact) mass is 310 g/mol. The van der Waals surface area contributed by atoms with E-state index in [4.69, 9.17) is 4.55 Å². The van der Waals surface area contributed by atoms with Crippen LogP contribution < -0.4 is 45.5 Å². The van der Waals surface area contributed by atoms with Gasteiger partial charge in [0.25, 0.3) is 10.1 Å². The number of carbonyl (C=O) groups excluding carboxylic acids is 1. The topological polar surface area (TPSA) is 119 Å². The molecule has 1 atom stereocenters. The summed E-state index contributed by atoms with van der Waals surface area (Å²) in [5.74, 6) is -1.19. The molecule has 0 saturated heterocycles. The summed E-state index contributed by atoms with van der Waals surface area (Å²) in [6, 6.07) is 3.65. The number of nitrogens with one attached hydrogen (secondary N) is 2. The molecule has 0 fully saturated rings. The van der Waals surface area contributed by atoms with Gasteiger partial charge in [-0.05, 0) is 31.5 Å². The van der Waals surface area contributed by atoms with E-state index in [1.165, 1.54) is 18.2 Å². The molecule has 0 aliphatic heterocycles. The predicted octanol–water partition coefficient (Wildman–Crippen LogP) is -3.31. The summed E-state index contributed by atoms with van der Waals surface area (Å²) in [6.45, 7) is 3.37. The van der Waals surface area contributed by atoms with Crippen molar-refractivity contribution in [3.05, 3.63) is 23.8 Å². The van der Waals surface area contributed by atoms with E-state index in [1.54, 1.807) is 13.8 Å². The van der Waals surface area contributed by atoms with Crippen molar-refractivity contribution in [3.8, 4) is 0 Å². The molecule has 9 heteroatoms. The summed E-state index contributed by atoms with van der Waals surface area (Å²) in [5.41, 5.74) is 6.58. The zero-order valence-corrected chi connectivity index (χ0v) is 14.3. The van der Waals surface area contributed by atoms with Crippen molar-refractivity contribution in [3.63, 3.8) is 0 Å². The number of carboxylic acid groups (broad SMARTS) is 1. The molecular weight excluding hydrogens is 295 g/mol. The van der Waals surface area contributed by atoms with Crippen LogP contribution in [0, 0.1) is 6.92 Å². The molecule has 0 spiro atoms. The standard InChI is InChI=1S/C11H16N2O5S.Na/c1-7-3-4-9(19(16,17)18)6-10(7)13-12-8(2)5-11(14)15;/h3-4,6,8,12-13H,5H2,1-2H3,(H,14,15)(H,16,17,18);/q;+1/p-1. The van der Waals surface area contributed by atoms with Gasteiger partial charge in [0.1, 0.15) is 0 Å². The Morgan fingerprint density at radius 2 is 2.05 bits per heavy atom. The van der Waals surface area contributed by atoms with Crippen molar-refractivity contribution in [1.82, 2.24) is 5.43 Å². The average molecular weight is 310 g/mol. The van der Waals surface area contributed by atoms with Crippen LogP contribution >= 0.6 is 0 Å². The molecule has 0 aromatic heterocycles. The van der Waals surface area contributed by atoms with Gasteiger partial charge in [0.05, 0.1) is 10.6 Å². The molecule has 106 valence electrons. The third-order valence-corrected chi connectivity index (χ3v) is 3.28. The third kappa shape index (κ3) is 6.21. The molecule has 0 radical (unpaired) electrons. The van der Waals surface area contributed by atoms with E-state index in [0.29, 0.717) is 5.69 Å². The number of aliphatic carboxylic acids is 1. The van der Waals surface area contributed by atoms with E-state index in [1.807, 2.05) is 0 Å². The van der Waals surface area contributed by atoms with Crippen LogP contribution in [0.3, 0.4) is 0 Å². The fraction of sp³-hybridized carbons (Fsp3) is 0.364. The maximum atomic E-state index is 11.0. The Morgan fingerprint density at radius 3 is 2.55 bits per heavy atom. The average Bonchev–Trinajstić information content (AvgIpc) is 2.25. The smallest absolute Gasteiger partial charge is 0.550 e. The molecular formula is C11H15N2NaO5S. The first-order valence-corrected chi connectivity index (χ1v) is 6.93. The van der Waals surface area contributed by atoms with E-state index < -0.39 is 22.1 Å². The zero-order chi connectivity index (χ0) is 14.6. The molecule has 7 nitrogen and oxygen atoms in total. The second-order valence-electron chi connectivity index (χ2n) is 4.20. The molecule has 0 heterocycles. The van der Waals surface area contributed by atoms with Gasteiger partial charge in [-0.3, -0.25) is 4.55 Å². The van der Waals surface area contributed by atoms with Crippen LogP contribution in [0.15, 0.2) is 23.1 Å². The van der Waals surface area contributed by atoms with Crippen LogP contribution in [-0.4, -0.2) is 25.0 Å². The van der Waals surface area contributed by atoms with E-state index >= 15 is 0 Å². The van der Waals surface area contributed by atoms with Crippen LogP contribution in [0.5, 0.6) is 0 Å². The van der Waals surface area contributed by atoms with Gasteiger partial charge in [0.2, 0.25) is 0 Å². The zero-order valence-electron chi connectivity index (χ0n) is 11.5. The number of rotatable bonds is 6. The second kappa shape index (κ2) is 7.96. The van der Waals surface area contributed by atoms with Crippen LogP contribution in [0.25, 0.3) is 0 Å². The van der Waals surface area contributed by atoms with Crippen LogP contribution in [-0.2, 0) is 14.9 Å². The van der Waals surface area contributed by atoms with Gasteiger partial charge in [0, 0.05) is 18.4 Å². The van der Waals surface area contributed by atoms with Crippen LogP contribution in [0.1, 0.15) is 18.9 Å². The molecule has 1 aromatic rings. The summed E-state index contributed by atoms with van der Waals surface area (Å²) in [4.78, 5) is 10.1. The second-order valence-corrected chi connectivity index (χ2v) is 5.62. The minimum absolute atomic E-state index is 0. The molecule has 1 rings (SSSR count). The Hall–Kier alpha value is -0.640. The van der Waals surface area contributed by atoms with E-state index in [9.17, 15) is 18.3 Å². The minimum Gasteiger partial charge on any atom is -0.550 e. The molecule has 1 aromatic carbocycles. The summed E-state index contributed by atoms with van der Waals surface area (Å²) in [7, 11) is -4.27. The van der Waals surface area contributed by atoms with Crippen molar-refractivity contribution in [1.29, 1.82) is 0 Å². The normalized spacial score (nSPS) is 12.3. The maximum absolute atomic E-state index is 11.0. The summed E-state index contributed by atoms with van der Waals surface area (Å²) in [6.07, 6.45) is -0.190. The number of carboxylic acids is 1. The van der Waals surface area contributed by atoms with Crippen molar-refractivity contribution < 1.29 is 52.4 Å². The Kier molecular flexibility index (Phi) is 7.71. The number of carbonyl (C=O) groups is 1. The van der Waals surface area contributed by atoms with Gasteiger partial charge in [-0.2, -0.15) is 8.42 Å². The molecule has 0 aliphatic carbocycles. The number of hydrogen-bond donors (Lipinski definition) is 3. The number of hydrogen-bond acceptors (Lipinski definition) is 6. The predicted molar refractivity (Wildman–Crippen MR) is 66.8 cm³/mol. The quantitative estimate of drug-likeness (QED) is 0.286. The first-order valence-electron chi connectivity index (χ1n) is 5.49. The largest absolute Gasteiger partial charge is 1.00 e. The number of benzene rings is 1. The van der Waals surface area contributed by atoms with Gasteiger partial charge < -0.3 is 15.3 Å². The van der Waals surface area contributed by atoms with Gasteiger partial charge in [-0.1, -0.05) is 6.07 Å². The number of anilines is 1. The van der Waals surface area contributed by atoms with E-state index in [0.717, 1.165) is 5.56 Å². The summed E-state index contributed by atoms with van der Waals surface area (Å²) in [5, 5.41) is 10.4. The van der Waals surface area contributed by atoms with E-state index in [-0.39, 0.29) is 40.9 Å². The first kappa shape index (κ1) is 19.4. The minimum atomic E-state index is -4.27.